The number of fused-ring (bicyclic) bond motifs is 1. The van der Waals surface area contributed by atoms with Crippen molar-refractivity contribution in [2.45, 2.75) is 43.9 Å². The average molecular weight is 510 g/mol. The molecule has 0 saturated heterocycles. The number of H-pyrrole nitrogens is 1. The first-order chi connectivity index (χ1) is 15.5. The van der Waals surface area contributed by atoms with E-state index >= 15 is 0 Å². The maximum atomic E-state index is 12.0. The molecule has 9 heteroatoms. The Morgan fingerprint density at radius 3 is 2.91 bits per heavy atom. The van der Waals surface area contributed by atoms with Crippen molar-refractivity contribution in [1.82, 2.24) is 19.4 Å². The zero-order valence-electron chi connectivity index (χ0n) is 18.2. The summed E-state index contributed by atoms with van der Waals surface area (Å²) in [7, 11) is 0. The molecule has 1 amide bonds. The van der Waals surface area contributed by atoms with E-state index in [0.717, 1.165) is 23.0 Å². The van der Waals surface area contributed by atoms with E-state index in [4.69, 9.17) is 0 Å². The van der Waals surface area contributed by atoms with E-state index in [0.29, 0.717) is 18.3 Å². The van der Waals surface area contributed by atoms with Crippen LogP contribution in [0.5, 0.6) is 0 Å². The summed E-state index contributed by atoms with van der Waals surface area (Å²) < 4.78 is 4.70. The van der Waals surface area contributed by atoms with Gasteiger partial charge in [-0.1, -0.05) is 13.8 Å². The van der Waals surface area contributed by atoms with Crippen LogP contribution in [0.25, 0.3) is 0 Å². The molecule has 0 bridgehead atoms. The number of amidine groups is 1. The Morgan fingerprint density at radius 1 is 1.34 bits per heavy atom. The normalized spacial score (nSPS) is 18.4. The summed E-state index contributed by atoms with van der Waals surface area (Å²) in [6, 6.07) is 10.3. The van der Waals surface area contributed by atoms with Gasteiger partial charge in [0.15, 0.2) is 0 Å². The first-order valence-corrected chi connectivity index (χ1v) is 13.8. The fourth-order valence-electron chi connectivity index (χ4n) is 3.66. The summed E-state index contributed by atoms with van der Waals surface area (Å²) in [5.74, 6) is 2.15. The number of benzene rings is 1. The van der Waals surface area contributed by atoms with Crippen LogP contribution in [-0.4, -0.2) is 48.5 Å². The molecular formula is C23H27AsN6OS+. The van der Waals surface area contributed by atoms with Gasteiger partial charge in [0.2, 0.25) is 0 Å². The van der Waals surface area contributed by atoms with Crippen molar-refractivity contribution in [3.05, 3.63) is 59.1 Å². The van der Waals surface area contributed by atoms with Gasteiger partial charge in [-0.2, -0.15) is 0 Å². The molecule has 3 aliphatic rings. The van der Waals surface area contributed by atoms with Crippen LogP contribution in [0, 0.1) is 5.92 Å². The molecule has 165 valence electrons. The van der Waals surface area contributed by atoms with Gasteiger partial charge in [-0.3, -0.25) is 0 Å². The van der Waals surface area contributed by atoms with Crippen LogP contribution in [0.1, 0.15) is 44.7 Å². The van der Waals surface area contributed by atoms with Crippen molar-refractivity contribution >= 4 is 49.6 Å². The Morgan fingerprint density at radius 2 is 2.16 bits per heavy atom. The third-order valence-electron chi connectivity index (χ3n) is 5.37. The molecule has 1 aromatic carbocycles. The molecule has 32 heavy (non-hydrogen) atoms. The van der Waals surface area contributed by atoms with Gasteiger partial charge in [0, 0.05) is 0 Å². The molecule has 2 aromatic rings. The number of aliphatic imine (C=N–C) groups is 1. The maximum absolute atomic E-state index is 12.0. The Labute approximate surface area is 199 Å². The molecule has 2 N–H and O–H groups in total. The Bertz CT molecular complexity index is 1090. The minimum absolute atomic E-state index is 0.0588. The SMILES string of the molecule is CC(C)CC(=O)Nc1ccc(SN2C=C([AsH]c3cc(C4CC4)[nH]n3)[N+]3C=CN=C3C2)cc1. The number of hydrogen-bond donors (Lipinski definition) is 2. The van der Waals surface area contributed by atoms with Crippen molar-refractivity contribution in [2.75, 3.05) is 11.9 Å². The Hall–Kier alpha value is -2.28. The molecule has 1 unspecified atom stereocenters. The summed E-state index contributed by atoms with van der Waals surface area (Å²) in [5, 5.41) is 10.8. The van der Waals surface area contributed by atoms with E-state index in [1.165, 1.54) is 27.5 Å². The minimum atomic E-state index is -0.582. The molecule has 1 aromatic heterocycles. The zero-order valence-corrected chi connectivity index (χ0v) is 21.1. The van der Waals surface area contributed by atoms with Crippen molar-refractivity contribution in [2.24, 2.45) is 10.9 Å². The number of rotatable bonds is 8. The van der Waals surface area contributed by atoms with E-state index in [2.05, 4.69) is 60.3 Å². The first-order valence-electron chi connectivity index (χ1n) is 10.9. The van der Waals surface area contributed by atoms with Crippen LogP contribution in [0.15, 0.2) is 63.3 Å². The van der Waals surface area contributed by atoms with Crippen LogP contribution in [-0.2, 0) is 4.79 Å². The monoisotopic (exact) mass is 510 g/mol. The van der Waals surface area contributed by atoms with Crippen LogP contribution in [0.4, 0.5) is 5.69 Å². The van der Waals surface area contributed by atoms with Gasteiger partial charge in [0.1, 0.15) is 0 Å². The van der Waals surface area contributed by atoms with Gasteiger partial charge < -0.3 is 0 Å². The molecule has 1 radical (unpaired) electrons. The van der Waals surface area contributed by atoms with Crippen molar-refractivity contribution in [1.29, 1.82) is 0 Å². The van der Waals surface area contributed by atoms with E-state index < -0.39 is 15.8 Å². The zero-order chi connectivity index (χ0) is 22.1. The van der Waals surface area contributed by atoms with Gasteiger partial charge in [0.25, 0.3) is 0 Å². The van der Waals surface area contributed by atoms with Gasteiger partial charge in [-0.15, -0.1) is 0 Å². The van der Waals surface area contributed by atoms with E-state index in [9.17, 15) is 4.79 Å². The summed E-state index contributed by atoms with van der Waals surface area (Å²) in [6.07, 6.45) is 9.25. The second-order valence-corrected chi connectivity index (χ2v) is 12.5. The average Bonchev–Trinajstić information content (AvgIpc) is 3.30. The predicted octanol–water partition coefficient (Wildman–Crippen LogP) is 3.18. The molecule has 2 aliphatic heterocycles. The number of nitrogens with one attached hydrogen (secondary N) is 2. The number of amides is 1. The number of nitrogens with zero attached hydrogens (tertiary/aromatic N) is 4. The second-order valence-electron chi connectivity index (χ2n) is 8.67. The van der Waals surface area contributed by atoms with Crippen molar-refractivity contribution < 1.29 is 4.79 Å². The van der Waals surface area contributed by atoms with Crippen LogP contribution in [0.2, 0.25) is 0 Å². The van der Waals surface area contributed by atoms with Crippen LogP contribution < -0.4 is 14.7 Å². The van der Waals surface area contributed by atoms with Gasteiger partial charge >= 0.3 is 186 Å². The number of hydrogen-bond acceptors (Lipinski definition) is 6. The van der Waals surface area contributed by atoms with Crippen LogP contribution in [0.3, 0.4) is 0 Å². The van der Waals surface area contributed by atoms with Crippen LogP contribution >= 0.6 is 11.9 Å². The second kappa shape index (κ2) is 9.30. The molecule has 1 saturated carbocycles. The molecule has 0 spiro atoms. The Balaban J connectivity index is 1.26. The number of carbonyl (C=O) groups excluding carboxylic acids is 1. The number of carbonyl (C=O) groups is 1. The molecule has 5 rings (SSSR count). The predicted molar refractivity (Wildman–Crippen MR) is 131 cm³/mol. The third-order valence-corrected chi connectivity index (χ3v) is 8.71. The topological polar surface area (TPSA) is 79.3 Å². The molecule has 7 nitrogen and oxygen atoms in total. The molecule has 1 atom stereocenters. The van der Waals surface area contributed by atoms with E-state index in [-0.39, 0.29) is 5.91 Å². The summed E-state index contributed by atoms with van der Waals surface area (Å²) >= 11 is 1.10. The molecule has 1 fully saturated rings. The fraction of sp³-hybridized carbons (Fsp3) is 0.348. The van der Waals surface area contributed by atoms with E-state index in [1.807, 2.05) is 32.2 Å². The summed E-state index contributed by atoms with van der Waals surface area (Å²) in [5.41, 5.74) is 2.12. The fourth-order valence-corrected chi connectivity index (χ4v) is 7.12. The molecule has 1 aliphatic carbocycles. The standard InChI is InChI=1S/C23H27AsN6OS/c1-15(2)11-23(31)26-17-5-7-18(8-6-17)32-29-13-21(30-10-9-25-22(30)14-29)24-20-12-19(27-28-20)16-3-4-16/h5-10,12-13,15-16,24H,3-4,11,14H2,1-2H3,(H,26,31)(H,27,28)/q+1. The van der Waals surface area contributed by atoms with Gasteiger partial charge in [0.05, 0.1) is 0 Å². The first kappa shape index (κ1) is 21.6. The van der Waals surface area contributed by atoms with Gasteiger partial charge in [-0.25, -0.2) is 0 Å². The number of anilines is 1. The number of aromatic amines is 1. The number of aromatic nitrogens is 2. The molecular weight excluding hydrogens is 483 g/mol. The van der Waals surface area contributed by atoms with E-state index in [1.54, 1.807) is 11.9 Å². The Kier molecular flexibility index (Phi) is 6.26. The summed E-state index contributed by atoms with van der Waals surface area (Å²) in [4.78, 5) is 19.9. The van der Waals surface area contributed by atoms with Gasteiger partial charge in [-0.05, 0) is 0 Å². The quantitative estimate of drug-likeness (QED) is 0.325. The molecule has 3 heterocycles. The van der Waals surface area contributed by atoms with Crippen molar-refractivity contribution in [3.8, 4) is 0 Å². The summed E-state index contributed by atoms with van der Waals surface area (Å²) in [6.45, 7) is 4.84. The van der Waals surface area contributed by atoms with Crippen molar-refractivity contribution in [3.63, 3.8) is 0 Å². The third kappa shape index (κ3) is 5.19.